The van der Waals surface area contributed by atoms with Gasteiger partial charge in [0.15, 0.2) is 11.5 Å². The minimum Gasteiger partial charge on any atom is -0.381 e. The molecule has 0 bridgehead atoms. The predicted octanol–water partition coefficient (Wildman–Crippen LogP) is 0.669. The molecule has 4 nitrogen and oxygen atoms in total. The molecule has 11 heavy (non-hydrogen) atoms. The predicted molar refractivity (Wildman–Crippen MR) is 40.7 cm³/mol. The summed E-state index contributed by atoms with van der Waals surface area (Å²) in [6, 6.07) is 1.63. The number of nitriles is 1. The quantitative estimate of drug-likeness (QED) is 0.631. The molecule has 0 spiro atoms. The van der Waals surface area contributed by atoms with Gasteiger partial charge in [-0.25, -0.2) is 9.97 Å². The molecular weight excluding hydrogens is 164 g/mol. The summed E-state index contributed by atoms with van der Waals surface area (Å²) in [5.74, 6) is -2.54. The van der Waals surface area contributed by atoms with E-state index in [0.717, 1.165) is 0 Å². The van der Waals surface area contributed by atoms with Crippen molar-refractivity contribution in [3.05, 3.63) is 17.6 Å². The number of halogens is 1. The third-order valence-electron chi connectivity index (χ3n) is 0.944. The Balaban J connectivity index is 3.41. The highest BCUT2D eigenvalue weighted by atomic mass is 35.5. The summed E-state index contributed by atoms with van der Waals surface area (Å²) in [5.41, 5.74) is 4.61. The lowest BCUT2D eigenvalue weighted by Crippen LogP contribution is -1.99. The molecule has 56 valence electrons. The molecule has 0 atom stereocenters. The number of rotatable bonds is 1. The lowest BCUT2D eigenvalue weighted by molar-refractivity contribution is 1.08. The first-order valence-electron chi connectivity index (χ1n) is 4.10. The van der Waals surface area contributed by atoms with E-state index in [1.54, 1.807) is 6.07 Å². The van der Waals surface area contributed by atoms with Crippen molar-refractivity contribution >= 4 is 17.4 Å². The number of hydrogen-bond donors (Lipinski definition) is 1. The second-order valence-electron chi connectivity index (χ2n) is 1.62. The SMILES string of the molecule is [2H]c1nc(N)c(C#N)nc1C([2H])([2H])Cl. The summed E-state index contributed by atoms with van der Waals surface area (Å²) in [6.45, 7) is 0. The lowest BCUT2D eigenvalue weighted by Gasteiger charge is -1.96. The monoisotopic (exact) mass is 171 g/mol. The van der Waals surface area contributed by atoms with E-state index < -0.39 is 17.7 Å². The van der Waals surface area contributed by atoms with Gasteiger partial charge in [-0.05, 0) is 0 Å². The highest BCUT2D eigenvalue weighted by molar-refractivity contribution is 6.16. The zero-order chi connectivity index (χ0) is 10.9. The van der Waals surface area contributed by atoms with Crippen molar-refractivity contribution in [1.29, 1.82) is 5.26 Å². The van der Waals surface area contributed by atoms with Crippen molar-refractivity contribution in [1.82, 2.24) is 9.97 Å². The molecule has 2 N–H and O–H groups in total. The second kappa shape index (κ2) is 3.17. The first-order chi connectivity index (χ1) is 6.36. The standard InChI is InChI=1S/C6H5ClN4/c7-1-4-3-10-6(9)5(2-8)11-4/h3H,1H2,(H2,9,10)/i1D2,3D. The van der Waals surface area contributed by atoms with Gasteiger partial charge in [0.25, 0.3) is 0 Å². The van der Waals surface area contributed by atoms with Crippen LogP contribution in [0.3, 0.4) is 0 Å². The van der Waals surface area contributed by atoms with Gasteiger partial charge in [-0.1, -0.05) is 0 Å². The van der Waals surface area contributed by atoms with Crippen molar-refractivity contribution < 1.29 is 4.11 Å². The summed E-state index contributed by atoms with van der Waals surface area (Å²) in [5, 5.41) is 8.54. The molecule has 5 heteroatoms. The van der Waals surface area contributed by atoms with Crippen LogP contribution in [0.25, 0.3) is 0 Å². The Morgan fingerprint density at radius 3 is 3.27 bits per heavy atom. The van der Waals surface area contributed by atoms with Crippen LogP contribution < -0.4 is 5.73 Å². The summed E-state index contributed by atoms with van der Waals surface area (Å²) < 4.78 is 21.5. The Morgan fingerprint density at radius 1 is 2.00 bits per heavy atom. The van der Waals surface area contributed by atoms with Gasteiger partial charge in [0.05, 0.1) is 21.8 Å². The fourth-order valence-electron chi connectivity index (χ4n) is 0.485. The van der Waals surface area contributed by atoms with E-state index in [2.05, 4.69) is 9.97 Å². The largest absolute Gasteiger partial charge is 0.381 e. The molecule has 0 saturated heterocycles. The molecule has 0 saturated carbocycles. The molecular formula is C6H5ClN4. The molecule has 1 heterocycles. The molecule has 0 aliphatic carbocycles. The third-order valence-corrected chi connectivity index (χ3v) is 1.12. The van der Waals surface area contributed by atoms with E-state index in [1.165, 1.54) is 0 Å². The topological polar surface area (TPSA) is 75.6 Å². The van der Waals surface area contributed by atoms with E-state index in [9.17, 15) is 0 Å². The average Bonchev–Trinajstić information content (AvgIpc) is 2.02. The van der Waals surface area contributed by atoms with Crippen LogP contribution in [0.5, 0.6) is 0 Å². The summed E-state index contributed by atoms with van der Waals surface area (Å²) in [6.07, 6.45) is -0.471. The van der Waals surface area contributed by atoms with Crippen LogP contribution in [0.4, 0.5) is 5.82 Å². The van der Waals surface area contributed by atoms with Crippen LogP contribution >= 0.6 is 11.6 Å². The second-order valence-corrected chi connectivity index (χ2v) is 1.81. The minimum atomic E-state index is -2.33. The van der Waals surface area contributed by atoms with E-state index in [1.807, 2.05) is 0 Å². The van der Waals surface area contributed by atoms with Crippen LogP contribution in [-0.4, -0.2) is 9.97 Å². The van der Waals surface area contributed by atoms with Gasteiger partial charge < -0.3 is 5.73 Å². The van der Waals surface area contributed by atoms with Crippen LogP contribution in [0, 0.1) is 11.3 Å². The van der Waals surface area contributed by atoms with Gasteiger partial charge in [0, 0.05) is 0 Å². The molecule has 1 aromatic rings. The van der Waals surface area contributed by atoms with Crippen molar-refractivity contribution in [2.75, 3.05) is 5.73 Å². The summed E-state index contributed by atoms with van der Waals surface area (Å²) in [7, 11) is 0. The molecule has 1 aromatic heterocycles. The fourth-order valence-corrected chi connectivity index (χ4v) is 0.569. The molecule has 1 rings (SSSR count). The maximum absolute atomic E-state index is 8.54. The highest BCUT2D eigenvalue weighted by Crippen LogP contribution is 2.05. The van der Waals surface area contributed by atoms with Crippen LogP contribution in [0.15, 0.2) is 6.17 Å². The molecule has 0 amide bonds. The van der Waals surface area contributed by atoms with Crippen LogP contribution in [-0.2, 0) is 5.83 Å². The lowest BCUT2D eigenvalue weighted by atomic mass is 10.4. The van der Waals surface area contributed by atoms with Gasteiger partial charge >= 0.3 is 0 Å². The Labute approximate surface area is 72.9 Å². The van der Waals surface area contributed by atoms with Gasteiger partial charge in [0.1, 0.15) is 6.07 Å². The van der Waals surface area contributed by atoms with Crippen molar-refractivity contribution in [3.8, 4) is 6.07 Å². The van der Waals surface area contributed by atoms with Gasteiger partial charge in [-0.15, -0.1) is 11.6 Å². The number of anilines is 1. The van der Waals surface area contributed by atoms with E-state index in [0.29, 0.717) is 0 Å². The number of aromatic nitrogens is 2. The minimum absolute atomic E-state index is 0.206. The average molecular weight is 172 g/mol. The molecule has 0 aliphatic heterocycles. The molecule has 0 aliphatic rings. The number of nitrogen functional groups attached to an aromatic ring is 1. The Kier molecular flexibility index (Phi) is 1.30. The summed E-state index contributed by atoms with van der Waals surface area (Å²) in [4.78, 5) is 6.96. The van der Waals surface area contributed by atoms with Gasteiger partial charge in [-0.2, -0.15) is 5.26 Å². The normalized spacial score (nSPS) is 14.4. The number of nitrogens with zero attached hydrogens (tertiary/aromatic N) is 3. The maximum Gasteiger partial charge on any atom is 0.183 e. The molecule has 0 fully saturated rings. The fraction of sp³-hybridized carbons (Fsp3) is 0.167. The Morgan fingerprint density at radius 2 is 2.73 bits per heavy atom. The van der Waals surface area contributed by atoms with Crippen molar-refractivity contribution in [2.24, 2.45) is 0 Å². The summed E-state index contributed by atoms with van der Waals surface area (Å²) >= 11 is 5.31. The first-order valence-corrected chi connectivity index (χ1v) is 2.97. The third kappa shape index (κ3) is 1.57. The van der Waals surface area contributed by atoms with Crippen molar-refractivity contribution in [2.45, 2.75) is 5.83 Å². The van der Waals surface area contributed by atoms with Gasteiger partial charge in [-0.3, -0.25) is 0 Å². The number of hydrogen-bond acceptors (Lipinski definition) is 4. The Hall–Kier alpha value is -1.34. The van der Waals surface area contributed by atoms with E-state index in [4.69, 9.17) is 26.7 Å². The van der Waals surface area contributed by atoms with E-state index in [-0.39, 0.29) is 11.5 Å². The molecule has 0 radical (unpaired) electrons. The highest BCUT2D eigenvalue weighted by Gasteiger charge is 2.01. The number of alkyl halides is 1. The van der Waals surface area contributed by atoms with Crippen molar-refractivity contribution in [3.63, 3.8) is 0 Å². The first kappa shape index (κ1) is 4.52. The number of nitrogens with two attached hydrogens (primary N) is 1. The van der Waals surface area contributed by atoms with Crippen LogP contribution in [0.1, 0.15) is 15.5 Å². The maximum atomic E-state index is 8.54. The molecule has 0 unspecified atom stereocenters. The smallest absolute Gasteiger partial charge is 0.183 e. The van der Waals surface area contributed by atoms with Crippen LogP contribution in [0.2, 0.25) is 0 Å². The Bertz CT molecular complexity index is 409. The molecule has 0 aromatic carbocycles. The van der Waals surface area contributed by atoms with Gasteiger partial charge in [0.2, 0.25) is 0 Å². The zero-order valence-electron chi connectivity index (χ0n) is 8.30. The zero-order valence-corrected chi connectivity index (χ0v) is 6.05. The van der Waals surface area contributed by atoms with E-state index >= 15 is 0 Å².